The van der Waals surface area contributed by atoms with Crippen molar-refractivity contribution in [3.8, 4) is 0 Å². The van der Waals surface area contributed by atoms with Crippen LogP contribution >= 0.6 is 22.9 Å². The molecule has 2 rings (SSSR count). The third-order valence-electron chi connectivity index (χ3n) is 1.59. The van der Waals surface area contributed by atoms with E-state index >= 15 is 0 Å². The zero-order valence-corrected chi connectivity index (χ0v) is 8.81. The summed E-state index contributed by atoms with van der Waals surface area (Å²) in [7, 11) is 0. The van der Waals surface area contributed by atoms with E-state index in [0.29, 0.717) is 17.4 Å². The molecule has 0 aliphatic heterocycles. The highest BCUT2D eigenvalue weighted by Crippen LogP contribution is 2.17. The van der Waals surface area contributed by atoms with E-state index in [9.17, 15) is 0 Å². The maximum atomic E-state index is 5.74. The lowest BCUT2D eigenvalue weighted by Crippen LogP contribution is -2.11. The summed E-state index contributed by atoms with van der Waals surface area (Å²) in [4.78, 5) is 4.11. The minimum atomic E-state index is 0.650. The second-order valence-electron chi connectivity index (χ2n) is 2.64. The topological polar surface area (TPSA) is 51.0 Å². The lowest BCUT2D eigenvalue weighted by molar-refractivity contribution is 0.372. The van der Waals surface area contributed by atoms with Crippen LogP contribution in [0.25, 0.3) is 0 Å². The molecule has 0 spiro atoms. The zero-order chi connectivity index (χ0) is 9.80. The van der Waals surface area contributed by atoms with Gasteiger partial charge >= 0.3 is 0 Å². The monoisotopic (exact) mass is 229 g/mol. The molecule has 0 radical (unpaired) electrons. The highest BCUT2D eigenvalue weighted by molar-refractivity contribution is 7.15. The predicted molar refractivity (Wildman–Crippen MR) is 54.2 cm³/mol. The molecular weight excluding hydrogens is 222 g/mol. The maximum Gasteiger partial charge on any atom is 0.150 e. The third kappa shape index (κ3) is 2.54. The van der Waals surface area contributed by atoms with Crippen molar-refractivity contribution in [2.45, 2.75) is 13.1 Å². The van der Waals surface area contributed by atoms with Gasteiger partial charge in [0.25, 0.3) is 0 Å². The largest absolute Gasteiger partial charge is 0.360 e. The van der Waals surface area contributed by atoms with Gasteiger partial charge in [-0.2, -0.15) is 0 Å². The van der Waals surface area contributed by atoms with Gasteiger partial charge in [-0.15, -0.1) is 11.3 Å². The van der Waals surface area contributed by atoms with Gasteiger partial charge in [-0.3, -0.25) is 0 Å². The Morgan fingerprint density at radius 2 is 2.43 bits per heavy atom. The van der Waals surface area contributed by atoms with E-state index < -0.39 is 0 Å². The fourth-order valence-corrected chi connectivity index (χ4v) is 1.92. The van der Waals surface area contributed by atoms with Gasteiger partial charge in [-0.25, -0.2) is 4.98 Å². The van der Waals surface area contributed by atoms with Gasteiger partial charge in [0.15, 0.2) is 0 Å². The van der Waals surface area contributed by atoms with Crippen LogP contribution in [0.4, 0.5) is 0 Å². The predicted octanol–water partition coefficient (Wildman–Crippen LogP) is 2.07. The van der Waals surface area contributed by atoms with Gasteiger partial charge in [-0.1, -0.05) is 16.8 Å². The molecular formula is C8H8ClN3OS. The molecule has 0 aliphatic rings. The first-order valence-corrected chi connectivity index (χ1v) is 5.24. The Bertz CT molecular complexity index is 387. The average molecular weight is 230 g/mol. The van der Waals surface area contributed by atoms with E-state index in [1.54, 1.807) is 12.4 Å². The van der Waals surface area contributed by atoms with Gasteiger partial charge < -0.3 is 9.84 Å². The molecule has 14 heavy (non-hydrogen) atoms. The molecule has 0 saturated heterocycles. The minimum Gasteiger partial charge on any atom is -0.360 e. The van der Waals surface area contributed by atoms with Crippen molar-refractivity contribution in [3.63, 3.8) is 0 Å². The van der Waals surface area contributed by atoms with Crippen LogP contribution in [0.15, 0.2) is 23.0 Å². The number of hydrogen-bond acceptors (Lipinski definition) is 5. The van der Waals surface area contributed by atoms with Crippen LogP contribution in [0, 0.1) is 0 Å². The lowest BCUT2D eigenvalue weighted by atomic mass is 10.4. The lowest BCUT2D eigenvalue weighted by Gasteiger charge is -1.97. The van der Waals surface area contributed by atoms with Crippen LogP contribution in [0.3, 0.4) is 0 Å². The second kappa shape index (κ2) is 4.54. The van der Waals surface area contributed by atoms with Gasteiger partial charge in [0, 0.05) is 12.6 Å². The van der Waals surface area contributed by atoms with Crippen LogP contribution in [-0.2, 0) is 13.1 Å². The molecule has 0 amide bonds. The summed E-state index contributed by atoms with van der Waals surface area (Å²) >= 11 is 7.21. The highest BCUT2D eigenvalue weighted by Gasteiger charge is 2.00. The molecule has 0 bridgehead atoms. The van der Waals surface area contributed by atoms with Crippen LogP contribution in [0.2, 0.25) is 4.34 Å². The van der Waals surface area contributed by atoms with E-state index in [4.69, 9.17) is 16.1 Å². The minimum absolute atomic E-state index is 0.650. The van der Waals surface area contributed by atoms with Gasteiger partial charge in [0.1, 0.15) is 15.1 Å². The van der Waals surface area contributed by atoms with E-state index in [2.05, 4.69) is 15.5 Å². The van der Waals surface area contributed by atoms with E-state index in [1.807, 2.05) is 6.07 Å². The van der Waals surface area contributed by atoms with Gasteiger partial charge in [0.05, 0.1) is 18.9 Å². The van der Waals surface area contributed by atoms with Crippen molar-refractivity contribution in [1.82, 2.24) is 15.5 Å². The smallest absolute Gasteiger partial charge is 0.150 e. The Balaban J connectivity index is 1.78. The number of thiazole rings is 1. The van der Waals surface area contributed by atoms with Crippen molar-refractivity contribution >= 4 is 22.9 Å². The fraction of sp³-hybridized carbons (Fsp3) is 0.250. The molecule has 0 fully saturated rings. The van der Waals surface area contributed by atoms with Crippen molar-refractivity contribution in [2.24, 2.45) is 0 Å². The van der Waals surface area contributed by atoms with Crippen LogP contribution in [0.5, 0.6) is 0 Å². The van der Waals surface area contributed by atoms with Crippen molar-refractivity contribution in [3.05, 3.63) is 33.6 Å². The molecule has 6 heteroatoms. The normalized spacial score (nSPS) is 10.6. The van der Waals surface area contributed by atoms with Crippen LogP contribution < -0.4 is 5.32 Å². The summed E-state index contributed by atoms with van der Waals surface area (Å²) in [6.07, 6.45) is 3.27. The molecule has 0 atom stereocenters. The summed E-state index contributed by atoms with van der Waals surface area (Å²) in [5.41, 5.74) is 0. The SMILES string of the molecule is Clc1cnc(CNCc2ccno2)s1. The van der Waals surface area contributed by atoms with Crippen molar-refractivity contribution < 1.29 is 4.52 Å². The summed E-state index contributed by atoms with van der Waals surface area (Å²) in [5.74, 6) is 0.813. The summed E-state index contributed by atoms with van der Waals surface area (Å²) in [5, 5.41) is 7.74. The number of nitrogens with zero attached hydrogens (tertiary/aromatic N) is 2. The zero-order valence-electron chi connectivity index (χ0n) is 7.24. The first-order chi connectivity index (χ1) is 6.84. The first kappa shape index (κ1) is 9.64. The Hall–Kier alpha value is -0.910. The second-order valence-corrected chi connectivity index (χ2v) is 4.39. The standard InChI is InChI=1S/C8H8ClN3OS/c9-7-4-11-8(14-7)5-10-3-6-1-2-12-13-6/h1-2,4,10H,3,5H2. The highest BCUT2D eigenvalue weighted by atomic mass is 35.5. The first-order valence-electron chi connectivity index (χ1n) is 4.05. The molecule has 4 nitrogen and oxygen atoms in total. The molecule has 0 unspecified atom stereocenters. The molecule has 0 saturated carbocycles. The Morgan fingerprint density at radius 1 is 1.50 bits per heavy atom. The fourth-order valence-electron chi connectivity index (χ4n) is 0.996. The third-order valence-corrected chi connectivity index (χ3v) is 2.71. The van der Waals surface area contributed by atoms with E-state index in [-0.39, 0.29) is 0 Å². The molecule has 0 aromatic carbocycles. The number of hydrogen-bond donors (Lipinski definition) is 1. The molecule has 1 N–H and O–H groups in total. The Labute approximate surface area is 89.9 Å². The summed E-state index contributed by atoms with van der Waals surface area (Å²) in [6.45, 7) is 1.34. The Morgan fingerprint density at radius 3 is 3.07 bits per heavy atom. The molecule has 2 aromatic rings. The van der Waals surface area contributed by atoms with E-state index in [1.165, 1.54) is 11.3 Å². The average Bonchev–Trinajstić information content (AvgIpc) is 2.77. The number of rotatable bonds is 4. The van der Waals surface area contributed by atoms with Gasteiger partial charge in [0.2, 0.25) is 0 Å². The molecule has 74 valence electrons. The number of aromatic nitrogens is 2. The number of nitrogens with one attached hydrogen (secondary N) is 1. The maximum absolute atomic E-state index is 5.74. The Kier molecular flexibility index (Phi) is 3.13. The molecule has 2 aromatic heterocycles. The van der Waals surface area contributed by atoms with E-state index in [0.717, 1.165) is 10.8 Å². The summed E-state index contributed by atoms with van der Waals surface area (Å²) in [6, 6.07) is 1.82. The van der Waals surface area contributed by atoms with Gasteiger partial charge in [-0.05, 0) is 0 Å². The molecule has 0 aliphatic carbocycles. The van der Waals surface area contributed by atoms with Crippen molar-refractivity contribution in [2.75, 3.05) is 0 Å². The molecule has 2 heterocycles. The summed E-state index contributed by atoms with van der Waals surface area (Å²) < 4.78 is 5.63. The quantitative estimate of drug-likeness (QED) is 0.872. The van der Waals surface area contributed by atoms with Crippen molar-refractivity contribution in [1.29, 1.82) is 0 Å². The number of halogens is 1. The van der Waals surface area contributed by atoms with Crippen LogP contribution in [-0.4, -0.2) is 10.1 Å². The van der Waals surface area contributed by atoms with Crippen LogP contribution in [0.1, 0.15) is 10.8 Å².